The van der Waals surface area contributed by atoms with Crippen molar-refractivity contribution in [2.24, 2.45) is 22.9 Å². The second kappa shape index (κ2) is 6.38. The average molecular weight is 313 g/mol. The summed E-state index contributed by atoms with van der Waals surface area (Å²) in [6.07, 6.45) is 5.09. The lowest BCUT2D eigenvalue weighted by atomic mass is 9.66. The third kappa shape index (κ3) is 3.01. The van der Waals surface area contributed by atoms with Crippen LogP contribution in [0.1, 0.15) is 63.0 Å². The maximum atomic E-state index is 9.82. The van der Waals surface area contributed by atoms with Crippen LogP contribution in [-0.2, 0) is 0 Å². The van der Waals surface area contributed by atoms with Crippen LogP contribution in [0, 0.1) is 17.8 Å². The molecule has 1 aromatic carbocycles. The molecule has 3 nitrogen and oxygen atoms in total. The fourth-order valence-electron chi connectivity index (χ4n) is 4.49. The standard InChI is InChI=1S/C20H27NO2/c1-12-5-9-20(21-23)13(2)4-7-16-17-8-6-15(22)11-19(17)14(3)10-18(12)16/h6,8,11-13,16,18,22-23H,3-5,7,9-10H2,1-2H3/b21-20+/t12?,13-,16?,18?/m0/s1. The van der Waals surface area contributed by atoms with Crippen LogP contribution in [0.2, 0.25) is 0 Å². The van der Waals surface area contributed by atoms with E-state index in [9.17, 15) is 10.3 Å². The number of rotatable bonds is 0. The fraction of sp³-hybridized carbons (Fsp3) is 0.550. The summed E-state index contributed by atoms with van der Waals surface area (Å²) in [5.41, 5.74) is 4.57. The van der Waals surface area contributed by atoms with Gasteiger partial charge in [0, 0.05) is 0 Å². The van der Waals surface area contributed by atoms with Crippen molar-refractivity contribution in [2.45, 2.75) is 51.9 Å². The zero-order valence-electron chi connectivity index (χ0n) is 14.1. The number of allylic oxidation sites excluding steroid dienone is 1. The first-order valence-corrected chi connectivity index (χ1v) is 8.73. The SMILES string of the molecule is C=C1CC2C(C)CC/C(=N\O)[C@@H](C)CCC2c2ccc(O)cc21. The number of hydrogen-bond acceptors (Lipinski definition) is 3. The van der Waals surface area contributed by atoms with Gasteiger partial charge >= 0.3 is 0 Å². The summed E-state index contributed by atoms with van der Waals surface area (Å²) in [5, 5.41) is 22.7. The van der Waals surface area contributed by atoms with E-state index in [0.717, 1.165) is 49.0 Å². The molecule has 124 valence electrons. The largest absolute Gasteiger partial charge is 0.508 e. The van der Waals surface area contributed by atoms with E-state index in [2.05, 4.69) is 31.6 Å². The molecule has 23 heavy (non-hydrogen) atoms. The average Bonchev–Trinajstić information content (AvgIpc) is 2.58. The molecule has 0 radical (unpaired) electrons. The number of phenolic OH excluding ortho intramolecular Hbond substituents is 1. The minimum Gasteiger partial charge on any atom is -0.508 e. The van der Waals surface area contributed by atoms with Crippen molar-refractivity contribution in [3.63, 3.8) is 0 Å². The highest BCUT2D eigenvalue weighted by Gasteiger charge is 2.36. The number of fused-ring (bicyclic) bond motifs is 3. The van der Waals surface area contributed by atoms with E-state index in [1.54, 1.807) is 6.07 Å². The van der Waals surface area contributed by atoms with Gasteiger partial charge in [-0.15, -0.1) is 0 Å². The number of phenols is 1. The van der Waals surface area contributed by atoms with Crippen LogP contribution >= 0.6 is 0 Å². The third-order valence-electron chi connectivity index (χ3n) is 6.01. The molecule has 0 aliphatic heterocycles. The molecule has 0 saturated heterocycles. The molecule has 0 heterocycles. The van der Waals surface area contributed by atoms with Crippen molar-refractivity contribution < 1.29 is 10.3 Å². The first kappa shape index (κ1) is 16.1. The van der Waals surface area contributed by atoms with Crippen LogP contribution in [0.15, 0.2) is 29.9 Å². The predicted molar refractivity (Wildman–Crippen MR) is 94.0 cm³/mol. The number of benzene rings is 1. The molecule has 0 amide bonds. The summed E-state index contributed by atoms with van der Waals surface area (Å²) < 4.78 is 0. The van der Waals surface area contributed by atoms with Crippen LogP contribution < -0.4 is 0 Å². The summed E-state index contributed by atoms with van der Waals surface area (Å²) >= 11 is 0. The number of hydrogen-bond donors (Lipinski definition) is 2. The molecule has 2 N–H and O–H groups in total. The van der Waals surface area contributed by atoms with Gasteiger partial charge in [0.15, 0.2) is 0 Å². The Bertz CT molecular complexity index is 635. The number of oxime groups is 1. The first-order chi connectivity index (χ1) is 11.0. The van der Waals surface area contributed by atoms with Gasteiger partial charge in [0.1, 0.15) is 5.75 Å². The maximum absolute atomic E-state index is 9.82. The molecule has 0 bridgehead atoms. The summed E-state index contributed by atoms with van der Waals surface area (Å²) in [5.74, 6) is 2.32. The Labute approximate surface area is 138 Å². The predicted octanol–water partition coefficient (Wildman–Crippen LogP) is 5.19. The molecule has 3 unspecified atom stereocenters. The first-order valence-electron chi connectivity index (χ1n) is 8.73. The lowest BCUT2D eigenvalue weighted by Gasteiger charge is -2.38. The fourth-order valence-corrected chi connectivity index (χ4v) is 4.49. The highest BCUT2D eigenvalue weighted by Crippen LogP contribution is 2.49. The Morgan fingerprint density at radius 1 is 1.17 bits per heavy atom. The minimum atomic E-state index is 0.322. The van der Waals surface area contributed by atoms with Gasteiger partial charge in [-0.1, -0.05) is 31.6 Å². The van der Waals surface area contributed by atoms with Crippen molar-refractivity contribution in [3.05, 3.63) is 35.9 Å². The zero-order chi connectivity index (χ0) is 16.6. The molecule has 3 heteroatoms. The van der Waals surface area contributed by atoms with Crippen LogP contribution in [0.4, 0.5) is 0 Å². The van der Waals surface area contributed by atoms with Gasteiger partial charge in [-0.3, -0.25) is 0 Å². The Hall–Kier alpha value is -1.77. The van der Waals surface area contributed by atoms with E-state index < -0.39 is 0 Å². The Morgan fingerprint density at radius 3 is 2.70 bits per heavy atom. The molecule has 0 spiro atoms. The zero-order valence-corrected chi connectivity index (χ0v) is 14.1. The Morgan fingerprint density at radius 2 is 1.96 bits per heavy atom. The molecule has 3 rings (SSSR count). The second-order valence-corrected chi connectivity index (χ2v) is 7.44. The van der Waals surface area contributed by atoms with Gasteiger partial charge in [0.05, 0.1) is 5.71 Å². The van der Waals surface area contributed by atoms with Gasteiger partial charge in [-0.2, -0.15) is 0 Å². The van der Waals surface area contributed by atoms with E-state index in [-0.39, 0.29) is 0 Å². The maximum Gasteiger partial charge on any atom is 0.116 e. The van der Waals surface area contributed by atoms with Crippen molar-refractivity contribution in [2.75, 3.05) is 0 Å². The highest BCUT2D eigenvalue weighted by molar-refractivity contribution is 5.86. The summed E-state index contributed by atoms with van der Waals surface area (Å²) in [4.78, 5) is 0. The summed E-state index contributed by atoms with van der Waals surface area (Å²) in [6, 6.07) is 5.76. The van der Waals surface area contributed by atoms with E-state index >= 15 is 0 Å². The van der Waals surface area contributed by atoms with Crippen LogP contribution in [0.25, 0.3) is 5.57 Å². The Balaban J connectivity index is 1.99. The van der Waals surface area contributed by atoms with Crippen molar-refractivity contribution in [3.8, 4) is 5.75 Å². The smallest absolute Gasteiger partial charge is 0.116 e. The van der Waals surface area contributed by atoms with Crippen molar-refractivity contribution >= 4 is 11.3 Å². The highest BCUT2D eigenvalue weighted by atomic mass is 16.4. The van der Waals surface area contributed by atoms with E-state index in [1.165, 1.54) is 5.56 Å². The van der Waals surface area contributed by atoms with Gasteiger partial charge in [0.2, 0.25) is 0 Å². The summed E-state index contributed by atoms with van der Waals surface area (Å²) in [6.45, 7) is 8.76. The van der Waals surface area contributed by atoms with E-state index in [1.807, 2.05) is 6.07 Å². The Kier molecular flexibility index (Phi) is 4.47. The van der Waals surface area contributed by atoms with E-state index in [0.29, 0.717) is 29.4 Å². The van der Waals surface area contributed by atoms with Gasteiger partial charge in [-0.25, -0.2) is 0 Å². The lowest BCUT2D eigenvalue weighted by Crippen LogP contribution is -2.25. The molecule has 1 fully saturated rings. The quantitative estimate of drug-likeness (QED) is 0.512. The normalized spacial score (nSPS) is 33.3. The molecular formula is C20H27NO2. The lowest BCUT2D eigenvalue weighted by molar-refractivity contribution is 0.274. The van der Waals surface area contributed by atoms with Crippen molar-refractivity contribution in [1.82, 2.24) is 0 Å². The molecule has 2 aliphatic carbocycles. The second-order valence-electron chi connectivity index (χ2n) is 7.44. The monoisotopic (exact) mass is 313 g/mol. The van der Waals surface area contributed by atoms with E-state index in [4.69, 9.17) is 0 Å². The van der Waals surface area contributed by atoms with Crippen LogP contribution in [0.3, 0.4) is 0 Å². The molecule has 2 aliphatic rings. The molecule has 1 saturated carbocycles. The molecule has 1 aromatic rings. The molecule has 4 atom stereocenters. The molecular weight excluding hydrogens is 286 g/mol. The minimum absolute atomic E-state index is 0.322. The third-order valence-corrected chi connectivity index (χ3v) is 6.01. The number of aromatic hydroxyl groups is 1. The van der Waals surface area contributed by atoms with Crippen LogP contribution in [0.5, 0.6) is 5.75 Å². The summed E-state index contributed by atoms with van der Waals surface area (Å²) in [7, 11) is 0. The van der Waals surface area contributed by atoms with Gasteiger partial charge < -0.3 is 10.3 Å². The molecule has 0 aromatic heterocycles. The van der Waals surface area contributed by atoms with Gasteiger partial charge in [-0.05, 0) is 84.6 Å². The van der Waals surface area contributed by atoms with Gasteiger partial charge in [0.25, 0.3) is 0 Å². The topological polar surface area (TPSA) is 52.8 Å². The van der Waals surface area contributed by atoms with Crippen molar-refractivity contribution in [1.29, 1.82) is 0 Å². The number of nitrogens with zero attached hydrogens (tertiary/aromatic N) is 1. The van der Waals surface area contributed by atoms with Crippen LogP contribution in [-0.4, -0.2) is 16.0 Å².